The van der Waals surface area contributed by atoms with Crippen molar-refractivity contribution >= 4 is 40.9 Å². The Bertz CT molecular complexity index is 758. The van der Waals surface area contributed by atoms with Crippen LogP contribution >= 0.6 is 23.2 Å². The van der Waals surface area contributed by atoms with Gasteiger partial charge in [-0.25, -0.2) is 4.79 Å². The zero-order valence-electron chi connectivity index (χ0n) is 14.2. The van der Waals surface area contributed by atoms with E-state index in [1.165, 1.54) is 4.90 Å². The Kier molecular flexibility index (Phi) is 6.77. The maximum Gasteiger partial charge on any atom is 0.374 e. The normalized spacial score (nSPS) is 10.5. The zero-order chi connectivity index (χ0) is 19.3. The van der Waals surface area contributed by atoms with Crippen molar-refractivity contribution < 1.29 is 19.1 Å². The van der Waals surface area contributed by atoms with Gasteiger partial charge in [-0.05, 0) is 35.4 Å². The van der Waals surface area contributed by atoms with Crippen LogP contribution in [0.15, 0.2) is 48.5 Å². The van der Waals surface area contributed by atoms with Crippen molar-refractivity contribution in [1.29, 1.82) is 0 Å². The number of methoxy groups -OCH3 is 1. The molecule has 0 bridgehead atoms. The molecular weight excluding hydrogens is 377 g/mol. The Hall–Kier alpha value is -2.37. The van der Waals surface area contributed by atoms with Gasteiger partial charge < -0.3 is 9.64 Å². The van der Waals surface area contributed by atoms with Crippen molar-refractivity contribution in [3.05, 3.63) is 69.7 Å². The zero-order valence-corrected chi connectivity index (χ0v) is 15.8. The summed E-state index contributed by atoms with van der Waals surface area (Å²) in [6, 6.07) is 13.6. The molecule has 0 spiro atoms. The molecule has 0 aliphatic rings. The molecule has 0 saturated carbocycles. The number of esters is 1. The summed E-state index contributed by atoms with van der Waals surface area (Å²) in [5, 5.41) is 1.14. The number of nitrogens with zero attached hydrogens (tertiary/aromatic N) is 1. The van der Waals surface area contributed by atoms with Gasteiger partial charge in [0.1, 0.15) is 0 Å². The fourth-order valence-electron chi connectivity index (χ4n) is 2.52. The maximum atomic E-state index is 12.5. The Labute approximate surface area is 161 Å². The summed E-state index contributed by atoms with van der Waals surface area (Å²) in [5.41, 5.74) is 1.61. The van der Waals surface area contributed by atoms with Crippen LogP contribution < -0.4 is 0 Å². The smallest absolute Gasteiger partial charge is 0.374 e. The van der Waals surface area contributed by atoms with Crippen LogP contribution in [0.5, 0.6) is 0 Å². The highest BCUT2D eigenvalue weighted by molar-refractivity contribution is 6.36. The number of ether oxygens (including phenoxy) is 1. The average molecular weight is 394 g/mol. The summed E-state index contributed by atoms with van der Waals surface area (Å²) in [4.78, 5) is 37.0. The van der Waals surface area contributed by atoms with Crippen LogP contribution in [0.3, 0.4) is 0 Å². The standard InChI is InChI=1S/C19H17Cl2NO4/c1-22(17(24)11-16(23)19(25)26-2)18(12-3-7-14(20)8-4-12)13-5-9-15(21)10-6-13/h3-10,18H,11H2,1-2H3. The SMILES string of the molecule is COC(=O)C(=O)CC(=O)N(C)C(c1ccc(Cl)cc1)c1ccc(Cl)cc1. The van der Waals surface area contributed by atoms with Gasteiger partial charge in [-0.1, -0.05) is 47.5 Å². The topological polar surface area (TPSA) is 63.7 Å². The van der Waals surface area contributed by atoms with E-state index in [-0.39, 0.29) is 0 Å². The van der Waals surface area contributed by atoms with E-state index in [0.717, 1.165) is 18.2 Å². The lowest BCUT2D eigenvalue weighted by Gasteiger charge is -2.29. The van der Waals surface area contributed by atoms with Crippen molar-refractivity contribution in [2.45, 2.75) is 12.5 Å². The largest absolute Gasteiger partial charge is 0.463 e. The average Bonchev–Trinajstić information content (AvgIpc) is 2.64. The first-order valence-electron chi connectivity index (χ1n) is 7.71. The summed E-state index contributed by atoms with van der Waals surface area (Å²) in [7, 11) is 2.67. The molecule has 0 aliphatic heterocycles. The number of benzene rings is 2. The van der Waals surface area contributed by atoms with Crippen LogP contribution in [-0.4, -0.2) is 36.7 Å². The number of hydrogen-bond acceptors (Lipinski definition) is 4. The molecule has 0 saturated heterocycles. The molecule has 2 rings (SSSR count). The van der Waals surface area contributed by atoms with Gasteiger partial charge in [0, 0.05) is 17.1 Å². The van der Waals surface area contributed by atoms with Gasteiger partial charge in [0.2, 0.25) is 11.7 Å². The highest BCUT2D eigenvalue weighted by Gasteiger charge is 2.27. The van der Waals surface area contributed by atoms with Crippen LogP contribution in [0.2, 0.25) is 10.0 Å². The van der Waals surface area contributed by atoms with Crippen LogP contribution in [0.4, 0.5) is 0 Å². The molecule has 1 amide bonds. The fraction of sp³-hybridized carbons (Fsp3) is 0.211. The molecule has 0 atom stereocenters. The van der Waals surface area contributed by atoms with Crippen molar-refractivity contribution in [2.24, 2.45) is 0 Å². The molecule has 7 heteroatoms. The lowest BCUT2D eigenvalue weighted by Crippen LogP contribution is -2.34. The first kappa shape index (κ1) is 19.9. The second kappa shape index (κ2) is 8.83. The van der Waals surface area contributed by atoms with Gasteiger partial charge >= 0.3 is 5.97 Å². The number of rotatable bonds is 6. The van der Waals surface area contributed by atoms with E-state index in [0.29, 0.717) is 10.0 Å². The third kappa shape index (κ3) is 4.84. The molecule has 0 heterocycles. The van der Waals surface area contributed by atoms with E-state index >= 15 is 0 Å². The van der Waals surface area contributed by atoms with Gasteiger partial charge in [0.15, 0.2) is 0 Å². The number of halogens is 2. The number of amides is 1. The van der Waals surface area contributed by atoms with Gasteiger partial charge in [-0.3, -0.25) is 9.59 Å². The second-order valence-corrected chi connectivity index (χ2v) is 6.47. The quantitative estimate of drug-likeness (QED) is 0.426. The van der Waals surface area contributed by atoms with Crippen molar-refractivity contribution in [3.8, 4) is 0 Å². The lowest BCUT2D eigenvalue weighted by molar-refractivity contribution is -0.153. The monoisotopic (exact) mass is 393 g/mol. The van der Waals surface area contributed by atoms with Crippen molar-refractivity contribution in [3.63, 3.8) is 0 Å². The van der Waals surface area contributed by atoms with E-state index in [4.69, 9.17) is 23.2 Å². The van der Waals surface area contributed by atoms with E-state index < -0.39 is 30.1 Å². The van der Waals surface area contributed by atoms with Gasteiger partial charge in [-0.15, -0.1) is 0 Å². The van der Waals surface area contributed by atoms with Crippen LogP contribution in [0.25, 0.3) is 0 Å². The third-order valence-electron chi connectivity index (χ3n) is 3.88. The molecule has 0 radical (unpaired) electrons. The first-order chi connectivity index (χ1) is 12.3. The molecular formula is C19H17Cl2NO4. The summed E-state index contributed by atoms with van der Waals surface area (Å²) in [6.07, 6.45) is -0.569. The minimum Gasteiger partial charge on any atom is -0.463 e. The summed E-state index contributed by atoms with van der Waals surface area (Å²) >= 11 is 11.9. The number of carbonyl (C=O) groups excluding carboxylic acids is 3. The van der Waals surface area contributed by atoms with Gasteiger partial charge in [0.05, 0.1) is 19.6 Å². The van der Waals surface area contributed by atoms with Crippen molar-refractivity contribution in [2.75, 3.05) is 14.2 Å². The molecule has 0 aromatic heterocycles. The first-order valence-corrected chi connectivity index (χ1v) is 8.46. The lowest BCUT2D eigenvalue weighted by atomic mass is 9.97. The van der Waals surface area contributed by atoms with E-state index in [9.17, 15) is 14.4 Å². The van der Waals surface area contributed by atoms with E-state index in [1.807, 2.05) is 0 Å². The van der Waals surface area contributed by atoms with E-state index in [2.05, 4.69) is 4.74 Å². The van der Waals surface area contributed by atoms with Crippen LogP contribution in [0, 0.1) is 0 Å². The van der Waals surface area contributed by atoms with Gasteiger partial charge in [-0.2, -0.15) is 0 Å². The minimum atomic E-state index is -1.04. The molecule has 2 aromatic rings. The van der Waals surface area contributed by atoms with Crippen LogP contribution in [0.1, 0.15) is 23.6 Å². The minimum absolute atomic E-state index is 0.470. The van der Waals surface area contributed by atoms with Gasteiger partial charge in [0.25, 0.3) is 0 Å². The van der Waals surface area contributed by atoms with E-state index in [1.54, 1.807) is 55.6 Å². The molecule has 0 aliphatic carbocycles. The Morgan fingerprint density at radius 2 is 1.35 bits per heavy atom. The Morgan fingerprint density at radius 3 is 1.73 bits per heavy atom. The summed E-state index contributed by atoms with van der Waals surface area (Å²) < 4.78 is 4.36. The molecule has 136 valence electrons. The molecule has 0 fully saturated rings. The number of hydrogen-bond donors (Lipinski definition) is 0. The maximum absolute atomic E-state index is 12.5. The molecule has 0 N–H and O–H groups in total. The van der Waals surface area contributed by atoms with Crippen LogP contribution in [-0.2, 0) is 19.1 Å². The highest BCUT2D eigenvalue weighted by atomic mass is 35.5. The molecule has 2 aromatic carbocycles. The molecule has 26 heavy (non-hydrogen) atoms. The summed E-state index contributed by atoms with van der Waals surface area (Å²) in [6.45, 7) is 0. The Balaban J connectivity index is 2.35. The number of carbonyl (C=O) groups is 3. The third-order valence-corrected chi connectivity index (χ3v) is 4.38. The fourth-order valence-corrected chi connectivity index (χ4v) is 2.77. The highest BCUT2D eigenvalue weighted by Crippen LogP contribution is 2.30. The molecule has 5 nitrogen and oxygen atoms in total. The second-order valence-electron chi connectivity index (χ2n) is 5.60. The number of ketones is 1. The summed E-state index contributed by atoms with van der Waals surface area (Å²) in [5.74, 6) is -2.44. The Morgan fingerprint density at radius 1 is 0.923 bits per heavy atom. The predicted molar refractivity (Wildman–Crippen MR) is 99.2 cm³/mol. The predicted octanol–water partition coefficient (Wildman–Crippen LogP) is 3.67. The van der Waals surface area contributed by atoms with Crippen molar-refractivity contribution in [1.82, 2.24) is 4.90 Å². The number of Topliss-reactive ketones (excluding diaryl/α,β-unsaturated/α-hetero) is 1. The molecule has 0 unspecified atom stereocenters.